The Morgan fingerprint density at radius 3 is 2.63 bits per heavy atom. The first-order valence-corrected chi connectivity index (χ1v) is 6.57. The molecule has 7 heteroatoms. The summed E-state index contributed by atoms with van der Waals surface area (Å²) in [5.41, 5.74) is 5.64. The van der Waals surface area contributed by atoms with Crippen LogP contribution in [0.25, 0.3) is 0 Å². The van der Waals surface area contributed by atoms with Crippen LogP contribution in [-0.4, -0.2) is 66.8 Å². The van der Waals surface area contributed by atoms with Crippen LogP contribution in [0, 0.1) is 0 Å². The number of carbonyl (C=O) groups is 2. The van der Waals surface area contributed by atoms with Gasteiger partial charge in [0.15, 0.2) is 0 Å². The second-order valence-electron chi connectivity index (χ2n) is 4.86. The molecule has 7 nitrogen and oxygen atoms in total. The molecule has 2 atom stereocenters. The molecular formula is C12H23N3O4. The predicted molar refractivity (Wildman–Crippen MR) is 69.7 cm³/mol. The lowest BCUT2D eigenvalue weighted by Gasteiger charge is -2.29. The van der Waals surface area contributed by atoms with Crippen molar-refractivity contribution in [2.24, 2.45) is 5.73 Å². The minimum atomic E-state index is -0.940. The number of aliphatic carboxylic acids is 1. The zero-order valence-electron chi connectivity index (χ0n) is 11.3. The Morgan fingerprint density at radius 1 is 1.42 bits per heavy atom. The molecule has 1 fully saturated rings. The van der Waals surface area contributed by atoms with Crippen LogP contribution < -0.4 is 11.1 Å². The van der Waals surface area contributed by atoms with Gasteiger partial charge in [-0.25, -0.2) is 0 Å². The third-order valence-corrected chi connectivity index (χ3v) is 3.03. The van der Waals surface area contributed by atoms with Gasteiger partial charge in [-0.15, -0.1) is 0 Å². The molecule has 1 saturated heterocycles. The van der Waals surface area contributed by atoms with Crippen LogP contribution in [-0.2, 0) is 14.3 Å². The highest BCUT2D eigenvalue weighted by Gasteiger charge is 2.19. The van der Waals surface area contributed by atoms with Crippen molar-refractivity contribution in [3.63, 3.8) is 0 Å². The van der Waals surface area contributed by atoms with E-state index in [4.69, 9.17) is 15.6 Å². The van der Waals surface area contributed by atoms with Crippen LogP contribution in [0.15, 0.2) is 0 Å². The highest BCUT2D eigenvalue weighted by molar-refractivity contribution is 5.82. The molecule has 1 amide bonds. The molecule has 1 aliphatic rings. The molecule has 0 saturated carbocycles. The molecule has 4 N–H and O–H groups in total. The molecule has 1 heterocycles. The molecule has 0 radical (unpaired) electrons. The van der Waals surface area contributed by atoms with Gasteiger partial charge in [-0.2, -0.15) is 0 Å². The summed E-state index contributed by atoms with van der Waals surface area (Å²) in [6, 6.07) is -0.773. The van der Waals surface area contributed by atoms with Gasteiger partial charge in [0.25, 0.3) is 0 Å². The highest BCUT2D eigenvalue weighted by Crippen LogP contribution is 2.00. The van der Waals surface area contributed by atoms with Crippen molar-refractivity contribution < 1.29 is 19.4 Å². The Labute approximate surface area is 113 Å². The van der Waals surface area contributed by atoms with Crippen molar-refractivity contribution in [3.05, 3.63) is 0 Å². The summed E-state index contributed by atoms with van der Waals surface area (Å²) in [4.78, 5) is 24.4. The van der Waals surface area contributed by atoms with E-state index in [1.807, 2.05) is 6.92 Å². The first-order valence-electron chi connectivity index (χ1n) is 6.57. The summed E-state index contributed by atoms with van der Waals surface area (Å²) in [7, 11) is 0. The SMILES string of the molecule is CC(CN1CCOCC1)NC(=O)C(N)CCC(=O)O. The number of nitrogens with two attached hydrogens (primary N) is 1. The summed E-state index contributed by atoms with van der Waals surface area (Å²) < 4.78 is 5.25. The molecule has 0 aliphatic carbocycles. The second-order valence-corrected chi connectivity index (χ2v) is 4.86. The minimum absolute atomic E-state index is 0.0125. The van der Waals surface area contributed by atoms with Gasteiger partial charge in [0.2, 0.25) is 5.91 Å². The van der Waals surface area contributed by atoms with E-state index < -0.39 is 12.0 Å². The van der Waals surface area contributed by atoms with Crippen molar-refractivity contribution in [2.75, 3.05) is 32.8 Å². The van der Waals surface area contributed by atoms with E-state index in [0.717, 1.165) is 32.8 Å². The largest absolute Gasteiger partial charge is 0.481 e. The fourth-order valence-electron chi connectivity index (χ4n) is 1.98. The van der Waals surface area contributed by atoms with Crippen molar-refractivity contribution >= 4 is 11.9 Å². The zero-order valence-corrected chi connectivity index (χ0v) is 11.3. The van der Waals surface area contributed by atoms with Crippen LogP contribution in [0.1, 0.15) is 19.8 Å². The Kier molecular flexibility index (Phi) is 6.75. The molecule has 0 aromatic heterocycles. The number of carboxylic acid groups (broad SMARTS) is 1. The maximum absolute atomic E-state index is 11.7. The Hall–Kier alpha value is -1.18. The summed E-state index contributed by atoms with van der Waals surface area (Å²) >= 11 is 0. The van der Waals surface area contributed by atoms with E-state index >= 15 is 0 Å². The average Bonchev–Trinajstić information content (AvgIpc) is 2.36. The van der Waals surface area contributed by atoms with Gasteiger partial charge in [0, 0.05) is 32.1 Å². The topological polar surface area (TPSA) is 105 Å². The van der Waals surface area contributed by atoms with E-state index in [2.05, 4.69) is 10.2 Å². The molecule has 19 heavy (non-hydrogen) atoms. The number of carboxylic acids is 1. The fourth-order valence-corrected chi connectivity index (χ4v) is 1.98. The Morgan fingerprint density at radius 2 is 2.05 bits per heavy atom. The van der Waals surface area contributed by atoms with E-state index in [9.17, 15) is 9.59 Å². The number of morpholine rings is 1. The lowest BCUT2D eigenvalue weighted by Crippen LogP contribution is -2.50. The number of nitrogens with one attached hydrogen (secondary N) is 1. The lowest BCUT2D eigenvalue weighted by atomic mass is 10.1. The van der Waals surface area contributed by atoms with Gasteiger partial charge in [-0.05, 0) is 13.3 Å². The molecule has 0 bridgehead atoms. The average molecular weight is 273 g/mol. The van der Waals surface area contributed by atoms with Crippen molar-refractivity contribution in [3.8, 4) is 0 Å². The maximum Gasteiger partial charge on any atom is 0.303 e. The van der Waals surface area contributed by atoms with Gasteiger partial charge in [-0.3, -0.25) is 14.5 Å². The van der Waals surface area contributed by atoms with Crippen LogP contribution in [0.5, 0.6) is 0 Å². The molecule has 110 valence electrons. The maximum atomic E-state index is 11.7. The number of ether oxygens (including phenoxy) is 1. The monoisotopic (exact) mass is 273 g/mol. The minimum Gasteiger partial charge on any atom is -0.481 e. The van der Waals surface area contributed by atoms with Gasteiger partial charge in [0.1, 0.15) is 0 Å². The third-order valence-electron chi connectivity index (χ3n) is 3.03. The number of amides is 1. The smallest absolute Gasteiger partial charge is 0.303 e. The second kappa shape index (κ2) is 8.08. The molecule has 1 rings (SSSR count). The summed E-state index contributed by atoms with van der Waals surface area (Å²) in [6.07, 6.45) is 0.0673. The van der Waals surface area contributed by atoms with Crippen molar-refractivity contribution in [1.82, 2.24) is 10.2 Å². The van der Waals surface area contributed by atoms with Crippen molar-refractivity contribution in [2.45, 2.75) is 31.8 Å². The highest BCUT2D eigenvalue weighted by atomic mass is 16.5. The zero-order chi connectivity index (χ0) is 14.3. The number of carbonyl (C=O) groups excluding carboxylic acids is 1. The van der Waals surface area contributed by atoms with Gasteiger partial charge in [0.05, 0.1) is 19.3 Å². The summed E-state index contributed by atoms with van der Waals surface area (Å²) in [6.45, 7) is 5.84. The normalized spacial score (nSPS) is 19.7. The van der Waals surface area contributed by atoms with E-state index in [0.29, 0.717) is 0 Å². The van der Waals surface area contributed by atoms with E-state index in [1.165, 1.54) is 0 Å². The van der Waals surface area contributed by atoms with Crippen LogP contribution in [0.4, 0.5) is 0 Å². The van der Waals surface area contributed by atoms with E-state index in [1.54, 1.807) is 0 Å². The lowest BCUT2D eigenvalue weighted by molar-refractivity contribution is -0.137. The molecular weight excluding hydrogens is 250 g/mol. The number of hydrogen-bond donors (Lipinski definition) is 3. The van der Waals surface area contributed by atoms with Crippen molar-refractivity contribution in [1.29, 1.82) is 0 Å². The number of nitrogens with zero attached hydrogens (tertiary/aromatic N) is 1. The molecule has 0 aromatic carbocycles. The predicted octanol–water partition coefficient (Wildman–Crippen LogP) is -0.985. The Balaban J connectivity index is 2.24. The number of rotatable bonds is 7. The van der Waals surface area contributed by atoms with Crippen LogP contribution in [0.2, 0.25) is 0 Å². The van der Waals surface area contributed by atoms with Crippen LogP contribution >= 0.6 is 0 Å². The van der Waals surface area contributed by atoms with Gasteiger partial charge < -0.3 is 20.9 Å². The first kappa shape index (κ1) is 15.9. The summed E-state index contributed by atoms with van der Waals surface area (Å²) in [5, 5.41) is 11.3. The first-order chi connectivity index (χ1) is 8.99. The number of hydrogen-bond acceptors (Lipinski definition) is 5. The van der Waals surface area contributed by atoms with Crippen LogP contribution in [0.3, 0.4) is 0 Å². The molecule has 1 aliphatic heterocycles. The molecule has 2 unspecified atom stereocenters. The quantitative estimate of drug-likeness (QED) is 0.550. The molecule has 0 aromatic rings. The van der Waals surface area contributed by atoms with Gasteiger partial charge in [-0.1, -0.05) is 0 Å². The van der Waals surface area contributed by atoms with E-state index in [-0.39, 0.29) is 24.8 Å². The fraction of sp³-hybridized carbons (Fsp3) is 0.833. The third kappa shape index (κ3) is 6.51. The summed E-state index contributed by atoms with van der Waals surface area (Å²) in [5.74, 6) is -1.23. The molecule has 0 spiro atoms. The van der Waals surface area contributed by atoms with Gasteiger partial charge >= 0.3 is 5.97 Å². The Bertz CT molecular complexity index is 305. The standard InChI is InChI=1S/C12H23N3O4/c1-9(8-15-4-6-19-7-5-15)14-12(18)10(13)2-3-11(16)17/h9-10H,2-8,13H2,1H3,(H,14,18)(H,16,17).